The molecule has 3 amide bonds. The van der Waals surface area contributed by atoms with Crippen LogP contribution in [-0.2, 0) is 19.1 Å². The molecule has 7 heteroatoms. The van der Waals surface area contributed by atoms with E-state index in [2.05, 4.69) is 5.32 Å². The molecule has 5 saturated carbocycles. The van der Waals surface area contributed by atoms with Crippen LogP contribution in [0.3, 0.4) is 0 Å². The third-order valence-corrected chi connectivity index (χ3v) is 7.98. The van der Waals surface area contributed by atoms with E-state index in [9.17, 15) is 19.2 Å². The first-order chi connectivity index (χ1) is 13.4. The van der Waals surface area contributed by atoms with Gasteiger partial charge in [-0.15, -0.1) is 0 Å². The maximum Gasteiger partial charge on any atom is 0.326 e. The number of urea groups is 1. The van der Waals surface area contributed by atoms with Crippen molar-refractivity contribution in [3.8, 4) is 0 Å². The van der Waals surface area contributed by atoms with Crippen molar-refractivity contribution in [3.63, 3.8) is 0 Å². The monoisotopic (exact) mass is 388 g/mol. The Balaban J connectivity index is 1.17. The summed E-state index contributed by atoms with van der Waals surface area (Å²) in [4.78, 5) is 50.9. The van der Waals surface area contributed by atoms with Crippen molar-refractivity contribution in [2.45, 2.75) is 69.7 Å². The van der Waals surface area contributed by atoms with E-state index in [1.807, 2.05) is 0 Å². The Morgan fingerprint density at radius 2 is 1.57 bits per heavy atom. The van der Waals surface area contributed by atoms with Gasteiger partial charge in [0.05, 0.1) is 0 Å². The molecule has 1 spiro atoms. The quantitative estimate of drug-likeness (QED) is 0.576. The van der Waals surface area contributed by atoms with Gasteiger partial charge < -0.3 is 10.1 Å². The molecule has 0 atom stereocenters. The number of imide groups is 1. The number of hydrogen-bond acceptors (Lipinski definition) is 5. The number of esters is 1. The lowest BCUT2D eigenvalue weighted by Crippen LogP contribution is -2.51. The van der Waals surface area contributed by atoms with E-state index in [1.165, 1.54) is 19.3 Å². The fourth-order valence-corrected chi connectivity index (χ4v) is 7.06. The zero-order chi connectivity index (χ0) is 19.5. The minimum absolute atomic E-state index is 0.0319. The topological polar surface area (TPSA) is 92.8 Å². The van der Waals surface area contributed by atoms with Crippen molar-refractivity contribution in [3.05, 3.63) is 0 Å². The second-order valence-electron chi connectivity index (χ2n) is 9.89. The molecule has 0 aromatic carbocycles. The van der Waals surface area contributed by atoms with E-state index in [0.29, 0.717) is 30.6 Å². The fourth-order valence-electron chi connectivity index (χ4n) is 7.06. The molecule has 1 N–H and O–H groups in total. The van der Waals surface area contributed by atoms with Crippen LogP contribution in [0.15, 0.2) is 0 Å². The van der Waals surface area contributed by atoms with Gasteiger partial charge in [-0.1, -0.05) is 12.8 Å². The Morgan fingerprint density at radius 1 is 1.00 bits per heavy atom. The number of nitrogens with one attached hydrogen (secondary N) is 1. The SMILES string of the molecule is O=C(CN1C(=O)NC2(CCCC2)C1=O)OCC(=O)C12CC3CC(CC(C3)C1)C2. The number of carbonyl (C=O) groups excluding carboxylic acids is 4. The minimum Gasteiger partial charge on any atom is -0.456 e. The summed E-state index contributed by atoms with van der Waals surface area (Å²) < 4.78 is 5.24. The van der Waals surface area contributed by atoms with Crippen LogP contribution in [0.25, 0.3) is 0 Å². The molecule has 0 aromatic heterocycles. The Bertz CT molecular complexity index is 704. The highest BCUT2D eigenvalue weighted by molar-refractivity contribution is 6.08. The third kappa shape index (κ3) is 2.77. The van der Waals surface area contributed by atoms with E-state index >= 15 is 0 Å². The number of nitrogens with zero attached hydrogens (tertiary/aromatic N) is 1. The summed E-state index contributed by atoms with van der Waals surface area (Å²) in [6.07, 6.45) is 9.58. The Morgan fingerprint density at radius 3 is 2.14 bits per heavy atom. The molecule has 0 radical (unpaired) electrons. The second kappa shape index (κ2) is 6.29. The zero-order valence-corrected chi connectivity index (χ0v) is 16.2. The molecule has 6 rings (SSSR count). The van der Waals surface area contributed by atoms with Gasteiger partial charge >= 0.3 is 12.0 Å². The highest BCUT2D eigenvalue weighted by Crippen LogP contribution is 2.60. The second-order valence-corrected chi connectivity index (χ2v) is 9.89. The Kier molecular flexibility index (Phi) is 4.07. The van der Waals surface area contributed by atoms with Crippen molar-refractivity contribution < 1.29 is 23.9 Å². The molecule has 4 bridgehead atoms. The zero-order valence-electron chi connectivity index (χ0n) is 16.2. The average molecular weight is 388 g/mol. The molecule has 0 unspecified atom stereocenters. The molecule has 1 saturated heterocycles. The first-order valence-corrected chi connectivity index (χ1v) is 10.7. The summed E-state index contributed by atoms with van der Waals surface area (Å²) in [6.45, 7) is -0.652. The van der Waals surface area contributed by atoms with E-state index in [4.69, 9.17) is 4.74 Å². The van der Waals surface area contributed by atoms with E-state index in [0.717, 1.165) is 37.0 Å². The maximum atomic E-state index is 12.9. The van der Waals surface area contributed by atoms with Gasteiger partial charge in [0.25, 0.3) is 5.91 Å². The van der Waals surface area contributed by atoms with Gasteiger partial charge in [-0.3, -0.25) is 19.3 Å². The summed E-state index contributed by atoms with van der Waals surface area (Å²) in [5, 5.41) is 2.75. The van der Waals surface area contributed by atoms with Crippen LogP contribution in [0.1, 0.15) is 64.2 Å². The molecule has 7 nitrogen and oxygen atoms in total. The predicted octanol–water partition coefficient (Wildman–Crippen LogP) is 2.18. The Hall–Kier alpha value is -1.92. The van der Waals surface area contributed by atoms with Gasteiger partial charge in [0.1, 0.15) is 12.1 Å². The number of ketones is 1. The van der Waals surface area contributed by atoms with E-state index < -0.39 is 24.1 Å². The number of Topliss-reactive ketones (excluding diaryl/α,β-unsaturated/α-hetero) is 1. The van der Waals surface area contributed by atoms with Crippen molar-refractivity contribution in [2.24, 2.45) is 23.2 Å². The number of hydrogen-bond donors (Lipinski definition) is 1. The smallest absolute Gasteiger partial charge is 0.326 e. The summed E-state index contributed by atoms with van der Waals surface area (Å²) in [6, 6.07) is -0.531. The van der Waals surface area contributed by atoms with Gasteiger partial charge in [-0.2, -0.15) is 0 Å². The molecular formula is C21H28N2O5. The fraction of sp³-hybridized carbons (Fsp3) is 0.810. The minimum atomic E-state index is -0.827. The van der Waals surface area contributed by atoms with Crippen LogP contribution < -0.4 is 5.32 Å². The molecule has 152 valence electrons. The highest BCUT2D eigenvalue weighted by atomic mass is 16.5. The normalized spacial score (nSPS) is 37.6. The molecule has 5 aliphatic carbocycles. The standard InChI is InChI=1S/C21H28N2O5/c24-16(20-8-13-5-14(9-20)7-15(6-13)10-20)12-28-17(25)11-23-18(26)21(22-19(23)27)3-1-2-4-21/h13-15H,1-12H2,(H,22,27). The molecular weight excluding hydrogens is 360 g/mol. The van der Waals surface area contributed by atoms with Gasteiger partial charge in [-0.05, 0) is 69.1 Å². The summed E-state index contributed by atoms with van der Waals surface area (Å²) >= 11 is 0. The molecule has 6 fully saturated rings. The number of carbonyl (C=O) groups is 4. The highest BCUT2D eigenvalue weighted by Gasteiger charge is 2.55. The first kappa shape index (κ1) is 18.1. The summed E-state index contributed by atoms with van der Waals surface area (Å²) in [7, 11) is 0. The summed E-state index contributed by atoms with van der Waals surface area (Å²) in [5.41, 5.74) is -1.13. The molecule has 6 aliphatic rings. The van der Waals surface area contributed by atoms with Crippen LogP contribution in [0, 0.1) is 23.2 Å². The van der Waals surface area contributed by atoms with Gasteiger partial charge in [0.15, 0.2) is 12.4 Å². The summed E-state index contributed by atoms with van der Waals surface area (Å²) in [5.74, 6) is 0.971. The number of rotatable bonds is 5. The molecule has 28 heavy (non-hydrogen) atoms. The van der Waals surface area contributed by atoms with E-state index in [-0.39, 0.29) is 23.7 Å². The third-order valence-electron chi connectivity index (χ3n) is 7.98. The largest absolute Gasteiger partial charge is 0.456 e. The van der Waals surface area contributed by atoms with Crippen LogP contribution in [0.5, 0.6) is 0 Å². The average Bonchev–Trinajstić information content (AvgIpc) is 3.19. The van der Waals surface area contributed by atoms with Crippen LogP contribution in [0.4, 0.5) is 4.79 Å². The van der Waals surface area contributed by atoms with Gasteiger partial charge in [0, 0.05) is 5.41 Å². The molecule has 1 aliphatic heterocycles. The maximum absolute atomic E-state index is 12.9. The lowest BCUT2D eigenvalue weighted by atomic mass is 9.48. The van der Waals surface area contributed by atoms with Crippen LogP contribution >= 0.6 is 0 Å². The molecule has 0 aromatic rings. The Labute approximate surface area is 164 Å². The van der Waals surface area contributed by atoms with Crippen LogP contribution in [0.2, 0.25) is 0 Å². The lowest BCUT2D eigenvalue weighted by molar-refractivity contribution is -0.158. The lowest BCUT2D eigenvalue weighted by Gasteiger charge is -2.55. The van der Waals surface area contributed by atoms with Crippen LogP contribution in [-0.4, -0.2) is 47.3 Å². The van der Waals surface area contributed by atoms with Gasteiger partial charge in [0.2, 0.25) is 0 Å². The van der Waals surface area contributed by atoms with Gasteiger partial charge in [-0.25, -0.2) is 4.79 Å². The van der Waals surface area contributed by atoms with Crippen molar-refractivity contribution in [1.29, 1.82) is 0 Å². The molecule has 1 heterocycles. The first-order valence-electron chi connectivity index (χ1n) is 10.7. The number of ether oxygens (including phenoxy) is 1. The van der Waals surface area contributed by atoms with Crippen molar-refractivity contribution >= 4 is 23.7 Å². The predicted molar refractivity (Wildman–Crippen MR) is 98.0 cm³/mol. The van der Waals surface area contributed by atoms with Crippen molar-refractivity contribution in [2.75, 3.05) is 13.2 Å². The van der Waals surface area contributed by atoms with E-state index in [1.54, 1.807) is 0 Å². The number of amides is 3. The van der Waals surface area contributed by atoms with Crippen molar-refractivity contribution in [1.82, 2.24) is 10.2 Å².